The maximum atomic E-state index is 12.4. The molecule has 2 heterocycles. The van der Waals surface area contributed by atoms with Crippen molar-refractivity contribution >= 4 is 39.8 Å². The molecule has 6 rings (SSSR count). The highest BCUT2D eigenvalue weighted by molar-refractivity contribution is 6.02. The Labute approximate surface area is 242 Å². The van der Waals surface area contributed by atoms with E-state index in [4.69, 9.17) is 4.98 Å². The van der Waals surface area contributed by atoms with Gasteiger partial charge in [0.15, 0.2) is 0 Å². The van der Waals surface area contributed by atoms with E-state index in [2.05, 4.69) is 94.2 Å². The van der Waals surface area contributed by atoms with Crippen molar-refractivity contribution in [1.82, 2.24) is 19.4 Å². The number of nitrogens with one attached hydrogen (secondary N) is 2. The van der Waals surface area contributed by atoms with Crippen LogP contribution in [0, 0.1) is 0 Å². The number of benzene rings is 2. The van der Waals surface area contributed by atoms with Crippen molar-refractivity contribution in [3.05, 3.63) is 73.1 Å². The monoisotopic (exact) mass is 549 g/mol. The van der Waals surface area contributed by atoms with Gasteiger partial charge in [0.05, 0.1) is 17.1 Å². The molecule has 2 aliphatic rings. The predicted molar refractivity (Wildman–Crippen MR) is 168 cm³/mol. The summed E-state index contributed by atoms with van der Waals surface area (Å²) in [5.74, 6) is 0.767. The number of para-hydroxylation sites is 1. The molecule has 8 nitrogen and oxygen atoms in total. The van der Waals surface area contributed by atoms with Gasteiger partial charge in [-0.3, -0.25) is 4.79 Å². The Balaban J connectivity index is 1.37. The maximum absolute atomic E-state index is 12.4. The van der Waals surface area contributed by atoms with Crippen molar-refractivity contribution in [2.75, 3.05) is 49.8 Å². The normalized spacial score (nSPS) is 15.1. The number of carbonyl (C=O) groups excluding carboxylic acids is 1. The van der Waals surface area contributed by atoms with Gasteiger partial charge in [-0.05, 0) is 81.6 Å². The van der Waals surface area contributed by atoms with E-state index < -0.39 is 0 Å². The zero-order chi connectivity index (χ0) is 28.5. The average molecular weight is 550 g/mol. The average Bonchev–Trinajstić information content (AvgIpc) is 3.71. The summed E-state index contributed by atoms with van der Waals surface area (Å²) in [6.07, 6.45) is 11.3. The quantitative estimate of drug-likeness (QED) is 0.206. The molecule has 2 N–H and O–H groups in total. The lowest BCUT2D eigenvalue weighted by atomic mass is 9.79. The van der Waals surface area contributed by atoms with Crippen molar-refractivity contribution in [2.45, 2.75) is 44.1 Å². The fraction of sp³-hybridized carbons (Fsp3) is 0.364. The van der Waals surface area contributed by atoms with Crippen LogP contribution >= 0.6 is 0 Å². The third-order valence-corrected chi connectivity index (χ3v) is 8.31. The standard InChI is InChI=1S/C33H39N7O/c1-5-32(41)35-29-20-28(25(22-9-8-10-22)19-31(29)39(4)18-17-38(2)3)37-33-34-16-15-27(36-33)26-21-40(23-13-14-23)30-12-7-6-11-24(26)30/h5-7,11-12,15-16,19-23H,1,8-10,13-14,17-18H2,2-4H3,(H,35,41)(H,34,36,37). The summed E-state index contributed by atoms with van der Waals surface area (Å²) < 4.78 is 2.40. The van der Waals surface area contributed by atoms with Gasteiger partial charge in [-0.2, -0.15) is 0 Å². The van der Waals surface area contributed by atoms with E-state index in [9.17, 15) is 4.79 Å². The molecule has 8 heteroatoms. The number of hydrogen-bond acceptors (Lipinski definition) is 6. The molecule has 0 unspecified atom stereocenters. The molecule has 0 saturated heterocycles. The Kier molecular flexibility index (Phi) is 7.49. The first-order chi connectivity index (χ1) is 19.9. The van der Waals surface area contributed by atoms with Crippen molar-refractivity contribution in [1.29, 1.82) is 0 Å². The largest absolute Gasteiger partial charge is 0.372 e. The van der Waals surface area contributed by atoms with Crippen LogP contribution in [-0.4, -0.2) is 59.6 Å². The molecule has 2 fully saturated rings. The first-order valence-corrected chi connectivity index (χ1v) is 14.6. The van der Waals surface area contributed by atoms with Gasteiger partial charge in [0, 0.05) is 60.7 Å². The van der Waals surface area contributed by atoms with E-state index in [-0.39, 0.29) is 5.91 Å². The number of anilines is 4. The number of likely N-dealkylation sites (N-methyl/N-ethyl adjacent to an activating group) is 2. The van der Waals surface area contributed by atoms with Crippen LogP contribution < -0.4 is 15.5 Å². The summed E-state index contributed by atoms with van der Waals surface area (Å²) >= 11 is 0. The van der Waals surface area contributed by atoms with Gasteiger partial charge >= 0.3 is 0 Å². The molecule has 41 heavy (non-hydrogen) atoms. The molecule has 2 aliphatic carbocycles. The number of fused-ring (bicyclic) bond motifs is 1. The van der Waals surface area contributed by atoms with Gasteiger partial charge in [0.25, 0.3) is 0 Å². The molecular formula is C33H39N7O. The van der Waals surface area contributed by atoms with Gasteiger partial charge in [-0.15, -0.1) is 0 Å². The van der Waals surface area contributed by atoms with Crippen LogP contribution in [0.15, 0.2) is 67.5 Å². The molecule has 0 bridgehead atoms. The molecule has 2 aromatic heterocycles. The highest BCUT2D eigenvalue weighted by Gasteiger charge is 2.27. The van der Waals surface area contributed by atoms with Crippen molar-refractivity contribution in [2.24, 2.45) is 0 Å². The van der Waals surface area contributed by atoms with Crippen LogP contribution in [-0.2, 0) is 4.79 Å². The summed E-state index contributed by atoms with van der Waals surface area (Å²) in [4.78, 5) is 26.4. The fourth-order valence-electron chi connectivity index (χ4n) is 5.59. The summed E-state index contributed by atoms with van der Waals surface area (Å²) in [6, 6.07) is 15.4. The second kappa shape index (κ2) is 11.4. The molecule has 0 spiro atoms. The maximum Gasteiger partial charge on any atom is 0.247 e. The van der Waals surface area contributed by atoms with E-state index >= 15 is 0 Å². The van der Waals surface area contributed by atoms with Crippen molar-refractivity contribution in [3.8, 4) is 11.3 Å². The predicted octanol–water partition coefficient (Wildman–Crippen LogP) is 6.57. The molecule has 0 aliphatic heterocycles. The van der Waals surface area contributed by atoms with E-state index in [1.54, 1.807) is 0 Å². The summed E-state index contributed by atoms with van der Waals surface area (Å²) in [5.41, 5.74) is 7.16. The Morgan fingerprint density at radius 2 is 1.88 bits per heavy atom. The van der Waals surface area contributed by atoms with E-state index in [0.29, 0.717) is 17.9 Å². The second-order valence-electron chi connectivity index (χ2n) is 11.6. The summed E-state index contributed by atoms with van der Waals surface area (Å²) in [5, 5.41) is 7.78. The van der Waals surface area contributed by atoms with Gasteiger partial charge in [-0.25, -0.2) is 9.97 Å². The van der Waals surface area contributed by atoms with Gasteiger partial charge in [0.1, 0.15) is 0 Å². The zero-order valence-corrected chi connectivity index (χ0v) is 24.2. The molecule has 2 saturated carbocycles. The summed E-state index contributed by atoms with van der Waals surface area (Å²) in [7, 11) is 6.21. The minimum absolute atomic E-state index is 0.236. The van der Waals surface area contributed by atoms with Crippen LogP contribution in [0.4, 0.5) is 23.0 Å². The number of hydrogen-bond donors (Lipinski definition) is 2. The molecule has 0 radical (unpaired) electrons. The second-order valence-corrected chi connectivity index (χ2v) is 11.6. The Morgan fingerprint density at radius 1 is 1.07 bits per heavy atom. The highest BCUT2D eigenvalue weighted by atomic mass is 16.1. The molecule has 4 aromatic rings. The molecular weight excluding hydrogens is 510 g/mol. The first-order valence-electron chi connectivity index (χ1n) is 14.6. The van der Waals surface area contributed by atoms with E-state index in [0.717, 1.165) is 54.3 Å². The third kappa shape index (κ3) is 5.70. The summed E-state index contributed by atoms with van der Waals surface area (Å²) in [6.45, 7) is 5.39. The van der Waals surface area contributed by atoms with Crippen LogP contribution in [0.2, 0.25) is 0 Å². The number of aromatic nitrogens is 3. The van der Waals surface area contributed by atoms with Gasteiger partial charge in [-0.1, -0.05) is 31.2 Å². The lowest BCUT2D eigenvalue weighted by Gasteiger charge is -2.31. The van der Waals surface area contributed by atoms with Crippen molar-refractivity contribution < 1.29 is 4.79 Å². The Hall–Kier alpha value is -4.17. The Bertz CT molecular complexity index is 1580. The number of amides is 1. The lowest BCUT2D eigenvalue weighted by Crippen LogP contribution is -2.29. The van der Waals surface area contributed by atoms with Gasteiger partial charge < -0.3 is 25.0 Å². The van der Waals surface area contributed by atoms with Crippen LogP contribution in [0.3, 0.4) is 0 Å². The minimum Gasteiger partial charge on any atom is -0.372 e. The third-order valence-electron chi connectivity index (χ3n) is 8.31. The topological polar surface area (TPSA) is 78.3 Å². The minimum atomic E-state index is -0.236. The number of rotatable bonds is 11. The SMILES string of the molecule is C=CC(=O)Nc1cc(Nc2nccc(-c3cn(C4CC4)c4ccccc34)n2)c(C2CCC2)cc1N(C)CCN(C)C. The van der Waals surface area contributed by atoms with Crippen LogP contribution in [0.25, 0.3) is 22.2 Å². The zero-order valence-electron chi connectivity index (χ0n) is 24.2. The highest BCUT2D eigenvalue weighted by Crippen LogP contribution is 2.45. The van der Waals surface area contributed by atoms with Crippen molar-refractivity contribution in [3.63, 3.8) is 0 Å². The fourth-order valence-corrected chi connectivity index (χ4v) is 5.59. The van der Waals surface area contributed by atoms with Gasteiger partial charge in [0.2, 0.25) is 11.9 Å². The molecule has 2 aromatic carbocycles. The molecule has 212 valence electrons. The molecule has 0 atom stereocenters. The van der Waals surface area contributed by atoms with E-state index in [1.807, 2.05) is 18.3 Å². The van der Waals surface area contributed by atoms with Crippen LogP contribution in [0.1, 0.15) is 49.6 Å². The first kappa shape index (κ1) is 27.0. The van der Waals surface area contributed by atoms with E-state index in [1.165, 1.54) is 41.8 Å². The molecule has 1 amide bonds. The smallest absolute Gasteiger partial charge is 0.247 e. The lowest BCUT2D eigenvalue weighted by molar-refractivity contribution is -0.111. The number of carbonyl (C=O) groups is 1. The number of nitrogens with zero attached hydrogens (tertiary/aromatic N) is 5. The van der Waals surface area contributed by atoms with Crippen LogP contribution in [0.5, 0.6) is 0 Å². The Morgan fingerprint density at radius 3 is 2.59 bits per heavy atom.